The predicted molar refractivity (Wildman–Crippen MR) is 81.1 cm³/mol. The molecule has 2 heteroatoms. The van der Waals surface area contributed by atoms with Gasteiger partial charge in [-0.1, -0.05) is 47.6 Å². The predicted octanol–water partition coefficient (Wildman–Crippen LogP) is 3.89. The van der Waals surface area contributed by atoms with Gasteiger partial charge in [-0.15, -0.1) is 0 Å². The van der Waals surface area contributed by atoms with E-state index in [2.05, 4.69) is 53.7 Å². The van der Waals surface area contributed by atoms with Gasteiger partial charge in [-0.05, 0) is 34.1 Å². The van der Waals surface area contributed by atoms with Crippen molar-refractivity contribution in [2.75, 3.05) is 0 Å². The number of hydrogen-bond donors (Lipinski definition) is 0. The van der Waals surface area contributed by atoms with Crippen LogP contribution in [0.3, 0.4) is 0 Å². The lowest BCUT2D eigenvalue weighted by Crippen LogP contribution is -2.22. The lowest BCUT2D eigenvalue weighted by atomic mass is 9.83. The van der Waals surface area contributed by atoms with E-state index in [-0.39, 0.29) is 16.4 Å². The molecular weight excluding hydrogens is 234 g/mol. The second kappa shape index (κ2) is 4.22. The van der Waals surface area contributed by atoms with Crippen molar-refractivity contribution in [1.82, 2.24) is 4.40 Å². The fourth-order valence-corrected chi connectivity index (χ4v) is 2.32. The van der Waals surface area contributed by atoms with Gasteiger partial charge in [0.15, 0.2) is 0 Å². The van der Waals surface area contributed by atoms with Crippen molar-refractivity contribution in [1.29, 1.82) is 0 Å². The average Bonchev–Trinajstić information content (AvgIpc) is 2.25. The van der Waals surface area contributed by atoms with E-state index in [9.17, 15) is 4.79 Å². The van der Waals surface area contributed by atoms with Gasteiger partial charge in [0, 0.05) is 12.3 Å². The van der Waals surface area contributed by atoms with E-state index in [0.717, 1.165) is 11.1 Å². The van der Waals surface area contributed by atoms with Crippen LogP contribution in [0.15, 0.2) is 35.3 Å². The summed E-state index contributed by atoms with van der Waals surface area (Å²) in [6.07, 6.45) is 1.85. The zero-order chi connectivity index (χ0) is 14.4. The Balaban J connectivity index is 2.89. The monoisotopic (exact) mass is 257 g/mol. The van der Waals surface area contributed by atoms with Crippen molar-refractivity contribution < 1.29 is 0 Å². The molecule has 2 aromatic heterocycles. The third kappa shape index (κ3) is 2.58. The maximum atomic E-state index is 12.3. The van der Waals surface area contributed by atoms with Gasteiger partial charge in [-0.3, -0.25) is 9.20 Å². The number of fused-ring (bicyclic) bond motifs is 1. The molecule has 0 saturated carbocycles. The SMILES string of the molecule is CC(C)(C)c1cc(=O)n2cccc(C(C)(C)C)c2c1. The Bertz CT molecular complexity index is 666. The van der Waals surface area contributed by atoms with Gasteiger partial charge in [0.05, 0.1) is 5.52 Å². The molecule has 2 heterocycles. The number of aromatic nitrogens is 1. The first kappa shape index (κ1) is 13.9. The van der Waals surface area contributed by atoms with Crippen LogP contribution in [0.1, 0.15) is 52.7 Å². The molecule has 2 rings (SSSR count). The normalized spacial score (nSPS) is 12.9. The summed E-state index contributed by atoms with van der Waals surface area (Å²) in [6, 6.07) is 7.97. The molecule has 0 aliphatic heterocycles. The van der Waals surface area contributed by atoms with E-state index in [4.69, 9.17) is 0 Å². The van der Waals surface area contributed by atoms with Gasteiger partial charge < -0.3 is 0 Å². The Morgan fingerprint density at radius 2 is 1.58 bits per heavy atom. The van der Waals surface area contributed by atoms with E-state index >= 15 is 0 Å². The molecule has 2 nitrogen and oxygen atoms in total. The quantitative estimate of drug-likeness (QED) is 0.701. The van der Waals surface area contributed by atoms with Crippen LogP contribution in [-0.4, -0.2) is 4.40 Å². The van der Waals surface area contributed by atoms with Crippen LogP contribution in [0.4, 0.5) is 0 Å². The average molecular weight is 257 g/mol. The Hall–Kier alpha value is -1.57. The number of nitrogens with zero attached hydrogens (tertiary/aromatic N) is 1. The molecule has 0 aliphatic carbocycles. The highest BCUT2D eigenvalue weighted by Crippen LogP contribution is 2.28. The molecule has 0 spiro atoms. The molecule has 0 aromatic carbocycles. The van der Waals surface area contributed by atoms with Crippen LogP contribution in [0.5, 0.6) is 0 Å². The highest BCUT2D eigenvalue weighted by Gasteiger charge is 2.20. The van der Waals surface area contributed by atoms with E-state index in [1.807, 2.05) is 12.3 Å². The summed E-state index contributed by atoms with van der Waals surface area (Å²) in [5, 5.41) is 0. The molecular formula is C17H23NO. The van der Waals surface area contributed by atoms with Crippen molar-refractivity contribution in [2.24, 2.45) is 0 Å². The maximum absolute atomic E-state index is 12.3. The summed E-state index contributed by atoms with van der Waals surface area (Å²) in [7, 11) is 0. The second-order valence-electron chi connectivity index (χ2n) is 7.26. The zero-order valence-corrected chi connectivity index (χ0v) is 12.7. The van der Waals surface area contributed by atoms with E-state index in [1.165, 1.54) is 5.56 Å². The van der Waals surface area contributed by atoms with Gasteiger partial charge in [-0.2, -0.15) is 0 Å². The largest absolute Gasteiger partial charge is 0.284 e. The first-order valence-corrected chi connectivity index (χ1v) is 6.77. The molecule has 19 heavy (non-hydrogen) atoms. The van der Waals surface area contributed by atoms with Crippen molar-refractivity contribution in [2.45, 2.75) is 52.4 Å². The number of pyridine rings is 2. The highest BCUT2D eigenvalue weighted by molar-refractivity contribution is 5.59. The molecule has 102 valence electrons. The van der Waals surface area contributed by atoms with Gasteiger partial charge in [0.25, 0.3) is 5.56 Å². The molecule has 0 bridgehead atoms. The maximum Gasteiger partial charge on any atom is 0.255 e. The van der Waals surface area contributed by atoms with Crippen molar-refractivity contribution >= 4 is 5.52 Å². The Kier molecular flexibility index (Phi) is 3.08. The van der Waals surface area contributed by atoms with Crippen LogP contribution >= 0.6 is 0 Å². The minimum atomic E-state index is -0.0150. The minimum Gasteiger partial charge on any atom is -0.284 e. The first-order chi connectivity index (χ1) is 8.60. The van der Waals surface area contributed by atoms with Crippen LogP contribution in [0.25, 0.3) is 5.52 Å². The molecule has 0 aliphatic rings. The molecule has 0 fully saturated rings. The Morgan fingerprint density at radius 3 is 2.11 bits per heavy atom. The molecule has 0 atom stereocenters. The van der Waals surface area contributed by atoms with Gasteiger partial charge in [0.2, 0.25) is 0 Å². The third-order valence-electron chi connectivity index (χ3n) is 3.52. The van der Waals surface area contributed by atoms with Crippen molar-refractivity contribution in [3.05, 3.63) is 51.9 Å². The minimum absolute atomic E-state index is 0.0150. The first-order valence-electron chi connectivity index (χ1n) is 6.77. The summed E-state index contributed by atoms with van der Waals surface area (Å²) in [4.78, 5) is 12.3. The summed E-state index contributed by atoms with van der Waals surface area (Å²) in [5.41, 5.74) is 3.38. The van der Waals surface area contributed by atoms with Crippen LogP contribution in [-0.2, 0) is 10.8 Å². The second-order valence-corrected chi connectivity index (χ2v) is 7.26. The fourth-order valence-electron chi connectivity index (χ4n) is 2.32. The van der Waals surface area contributed by atoms with E-state index < -0.39 is 0 Å². The van der Waals surface area contributed by atoms with Crippen LogP contribution in [0, 0.1) is 0 Å². The highest BCUT2D eigenvalue weighted by atomic mass is 16.1. The van der Waals surface area contributed by atoms with E-state index in [1.54, 1.807) is 10.5 Å². The summed E-state index contributed by atoms with van der Waals surface area (Å²) in [5.74, 6) is 0. The Labute approximate surface area is 115 Å². The Morgan fingerprint density at radius 1 is 0.947 bits per heavy atom. The molecule has 0 amide bonds. The standard InChI is InChI=1S/C17H23NO/c1-16(2,3)12-10-14-13(17(4,5)6)8-7-9-18(14)15(19)11-12/h7-11H,1-6H3. The summed E-state index contributed by atoms with van der Waals surface area (Å²) >= 11 is 0. The van der Waals surface area contributed by atoms with Gasteiger partial charge in [-0.25, -0.2) is 0 Å². The van der Waals surface area contributed by atoms with Crippen LogP contribution < -0.4 is 5.56 Å². The third-order valence-corrected chi connectivity index (χ3v) is 3.52. The molecule has 0 N–H and O–H groups in total. The molecule has 2 aromatic rings. The van der Waals surface area contributed by atoms with Crippen molar-refractivity contribution in [3.8, 4) is 0 Å². The number of rotatable bonds is 0. The number of hydrogen-bond acceptors (Lipinski definition) is 1. The smallest absolute Gasteiger partial charge is 0.255 e. The van der Waals surface area contributed by atoms with E-state index in [0.29, 0.717) is 0 Å². The zero-order valence-electron chi connectivity index (χ0n) is 12.7. The van der Waals surface area contributed by atoms with Gasteiger partial charge in [0.1, 0.15) is 0 Å². The summed E-state index contributed by atoms with van der Waals surface area (Å²) < 4.78 is 1.75. The van der Waals surface area contributed by atoms with Gasteiger partial charge >= 0.3 is 0 Å². The lowest BCUT2D eigenvalue weighted by molar-refractivity contribution is 0.582. The summed E-state index contributed by atoms with van der Waals surface area (Å²) in [6.45, 7) is 12.9. The lowest BCUT2D eigenvalue weighted by Gasteiger charge is -2.24. The molecule has 0 radical (unpaired) electrons. The van der Waals surface area contributed by atoms with Crippen LogP contribution in [0.2, 0.25) is 0 Å². The van der Waals surface area contributed by atoms with Crippen molar-refractivity contribution in [3.63, 3.8) is 0 Å². The molecule has 0 saturated heterocycles. The molecule has 0 unspecified atom stereocenters. The fraction of sp³-hybridized carbons (Fsp3) is 0.471. The topological polar surface area (TPSA) is 21.5 Å².